The lowest BCUT2D eigenvalue weighted by atomic mass is 9.94. The van der Waals surface area contributed by atoms with Crippen LogP contribution in [-0.4, -0.2) is 146 Å². The number of thiazole rings is 1. The van der Waals surface area contributed by atoms with Crippen LogP contribution in [-0.2, 0) is 44.7 Å². The van der Waals surface area contributed by atoms with Crippen molar-refractivity contribution in [2.24, 2.45) is 17.8 Å². The number of aliphatic hydroxyl groups excluding tert-OH is 1. The van der Waals surface area contributed by atoms with Crippen molar-refractivity contribution in [2.45, 2.75) is 136 Å². The Morgan fingerprint density at radius 1 is 0.930 bits per heavy atom. The summed E-state index contributed by atoms with van der Waals surface area (Å²) in [7, 11) is 4.30. The zero-order valence-electron chi connectivity index (χ0n) is 41.8. The fraction of sp³-hybridized carbons (Fsp3) is 0.638. The fourth-order valence-electron chi connectivity index (χ4n) is 7.66. The molecule has 396 valence electrons. The maximum absolute atomic E-state index is 14.5. The summed E-state index contributed by atoms with van der Waals surface area (Å²) in [5.41, 5.74) is 5.23. The Hall–Kier alpha value is -5.17. The van der Waals surface area contributed by atoms with Gasteiger partial charge in [-0.25, -0.2) is 20.0 Å². The van der Waals surface area contributed by atoms with E-state index >= 15 is 0 Å². The number of hydrogen-bond donors (Lipinski definition) is 8. The highest BCUT2D eigenvalue weighted by atomic mass is 33.1. The van der Waals surface area contributed by atoms with Crippen LogP contribution in [0.15, 0.2) is 29.6 Å². The Kier molecular flexibility index (Phi) is 26.0. The molecule has 6 amide bonds. The van der Waals surface area contributed by atoms with Crippen molar-refractivity contribution in [3.63, 3.8) is 0 Å². The number of phenols is 1. The van der Waals surface area contributed by atoms with Gasteiger partial charge in [0.25, 0.3) is 5.91 Å². The molecule has 8 N–H and O–H groups in total. The van der Waals surface area contributed by atoms with Gasteiger partial charge in [-0.3, -0.25) is 39.1 Å². The van der Waals surface area contributed by atoms with E-state index in [-0.39, 0.29) is 78.3 Å². The van der Waals surface area contributed by atoms with E-state index in [0.717, 1.165) is 36.3 Å². The molecule has 1 aliphatic rings. The minimum atomic E-state index is -1.26. The van der Waals surface area contributed by atoms with Gasteiger partial charge in [-0.2, -0.15) is 0 Å². The predicted molar refractivity (Wildman–Crippen MR) is 270 cm³/mol. The first-order valence-corrected chi connectivity index (χ1v) is 27.1. The predicted octanol–water partition coefficient (Wildman–Crippen LogP) is 4.15. The number of ether oxygens (including phenoxy) is 2. The summed E-state index contributed by atoms with van der Waals surface area (Å²) in [5, 5.41) is 40.7. The summed E-state index contributed by atoms with van der Waals surface area (Å²) in [5.74, 6) is -4.98. The number of hydrazine groups is 1. The number of aliphatic carboxylic acids is 1. The van der Waals surface area contributed by atoms with Gasteiger partial charge >= 0.3 is 18.0 Å². The Balaban J connectivity index is 1.70. The highest BCUT2D eigenvalue weighted by molar-refractivity contribution is 8.76. The minimum absolute atomic E-state index is 0.00921. The molecule has 0 spiro atoms. The molecule has 0 bridgehead atoms. The highest BCUT2D eigenvalue weighted by Gasteiger charge is 2.38. The Morgan fingerprint density at radius 2 is 1.63 bits per heavy atom. The van der Waals surface area contributed by atoms with Crippen molar-refractivity contribution in [1.29, 1.82) is 0 Å². The van der Waals surface area contributed by atoms with Gasteiger partial charge in [-0.15, -0.1) is 11.3 Å². The van der Waals surface area contributed by atoms with E-state index in [4.69, 9.17) is 9.47 Å². The fourth-order valence-corrected chi connectivity index (χ4v) is 10.4. The number of aromatic nitrogens is 1. The lowest BCUT2D eigenvalue weighted by molar-refractivity contribution is -0.159. The van der Waals surface area contributed by atoms with E-state index < -0.39 is 84.6 Å². The standard InChI is InChI=1S/C47H72N8O13S3/c1-9-12-39(59)68-26-55(45(63)40(28(4)5)51-43(62)36-13-10-11-18-54(36)8)37(27(2)3)23-38(58)44-50-34(24-69-44)42(61)49-32(22-31-14-16-33(57)17-15-31)21-29(6)41(60)52-53-47(66)67-19-20-70-71-25-35(46(64)65)48-30(7)56/h14-17,24,27-29,32,35-38,40,57-58H,9-13,18-23,25-26H2,1-8H3,(H,48,56)(H,49,61)(H,51,62)(H,52,60)(H,53,66)(H,64,65)/t29-,32+,35+,36+,37+,38+,40-/m0/s1. The number of aromatic hydroxyl groups is 1. The van der Waals surface area contributed by atoms with Crippen LogP contribution < -0.4 is 26.8 Å². The molecular formula is C47H72N8O13S3. The lowest BCUT2D eigenvalue weighted by Crippen LogP contribution is -2.59. The molecule has 1 aliphatic heterocycles. The largest absolute Gasteiger partial charge is 0.508 e. The van der Waals surface area contributed by atoms with Crippen LogP contribution in [0, 0.1) is 17.8 Å². The number of benzene rings is 1. The maximum Gasteiger partial charge on any atom is 0.426 e. The third-order valence-electron chi connectivity index (χ3n) is 11.6. The quantitative estimate of drug-likeness (QED) is 0.0195. The number of rotatable bonds is 28. The van der Waals surface area contributed by atoms with E-state index in [1.807, 2.05) is 46.6 Å². The van der Waals surface area contributed by atoms with Crippen molar-refractivity contribution in [2.75, 3.05) is 38.4 Å². The first-order chi connectivity index (χ1) is 33.6. The summed E-state index contributed by atoms with van der Waals surface area (Å²) in [6.45, 7) is 12.3. The molecule has 3 rings (SSSR count). The number of nitrogens with one attached hydrogen (secondary N) is 5. The lowest BCUT2D eigenvalue weighted by Gasteiger charge is -2.39. The number of likely N-dealkylation sites (tertiary alicyclic amines) is 1. The number of phenolic OH excluding ortho intramolecular Hbond substituents is 1. The van der Waals surface area contributed by atoms with E-state index in [2.05, 4.69) is 31.8 Å². The molecule has 1 saturated heterocycles. The summed E-state index contributed by atoms with van der Waals surface area (Å²) < 4.78 is 10.7. The van der Waals surface area contributed by atoms with Gasteiger partial charge in [0.05, 0.1) is 6.04 Å². The highest BCUT2D eigenvalue weighted by Crippen LogP contribution is 2.29. The number of carbonyl (C=O) groups excluding carboxylic acids is 7. The molecule has 71 heavy (non-hydrogen) atoms. The number of likely N-dealkylation sites (N-methyl/N-ethyl adjacent to an activating group) is 1. The maximum atomic E-state index is 14.5. The van der Waals surface area contributed by atoms with E-state index in [0.29, 0.717) is 18.6 Å². The summed E-state index contributed by atoms with van der Waals surface area (Å²) in [6.07, 6.45) is 1.30. The summed E-state index contributed by atoms with van der Waals surface area (Å²) in [4.78, 5) is 110. The Labute approximate surface area is 427 Å². The van der Waals surface area contributed by atoms with E-state index in [1.54, 1.807) is 19.1 Å². The molecule has 24 heteroatoms. The normalized spacial score (nSPS) is 16.4. The van der Waals surface area contributed by atoms with Crippen molar-refractivity contribution in [3.05, 3.63) is 45.9 Å². The molecule has 7 atom stereocenters. The molecule has 1 aromatic heterocycles. The van der Waals surface area contributed by atoms with Crippen molar-refractivity contribution >= 4 is 80.5 Å². The van der Waals surface area contributed by atoms with Gasteiger partial charge in [0.15, 0.2) is 6.73 Å². The molecule has 21 nitrogen and oxygen atoms in total. The van der Waals surface area contributed by atoms with Crippen LogP contribution >= 0.6 is 32.9 Å². The van der Waals surface area contributed by atoms with Crippen LogP contribution in [0.1, 0.15) is 121 Å². The third-order valence-corrected chi connectivity index (χ3v) is 14.9. The first-order valence-electron chi connectivity index (χ1n) is 23.8. The number of carboxylic acids is 1. The number of carbonyl (C=O) groups is 8. The number of esters is 1. The molecule has 2 aromatic rings. The van der Waals surface area contributed by atoms with Crippen LogP contribution in [0.2, 0.25) is 0 Å². The minimum Gasteiger partial charge on any atom is -0.508 e. The molecule has 0 aliphatic carbocycles. The van der Waals surface area contributed by atoms with Gasteiger partial charge < -0.3 is 45.6 Å². The van der Waals surface area contributed by atoms with Crippen molar-refractivity contribution in [1.82, 2.24) is 41.6 Å². The molecule has 1 fully saturated rings. The van der Waals surface area contributed by atoms with Crippen LogP contribution in [0.5, 0.6) is 5.75 Å². The Bertz CT molecular complexity index is 2080. The second-order valence-electron chi connectivity index (χ2n) is 18.2. The van der Waals surface area contributed by atoms with E-state index in [1.165, 1.54) is 50.9 Å². The SMILES string of the molecule is CCCC(=O)OCN(C(=O)[C@@H](NC(=O)[C@H]1CCCCN1C)C(C)C)[C@H](C[C@@H](O)c1nc(C(=O)N[C@@H](Cc2ccc(O)cc2)C[C@H](C)C(=O)NNC(=O)OCCSSC[C@@H](NC(C)=O)C(=O)O)cs1)C(C)C. The number of aliphatic hydroxyl groups is 1. The summed E-state index contributed by atoms with van der Waals surface area (Å²) >= 11 is 1.04. The number of amides is 6. The van der Waals surface area contributed by atoms with Gasteiger partial charge in [0, 0.05) is 54.7 Å². The first kappa shape index (κ1) is 60.1. The second-order valence-corrected chi connectivity index (χ2v) is 21.7. The topological polar surface area (TPSA) is 295 Å². The molecule has 0 unspecified atom stereocenters. The molecule has 2 heterocycles. The monoisotopic (exact) mass is 1050 g/mol. The average molecular weight is 1050 g/mol. The van der Waals surface area contributed by atoms with Crippen LogP contribution in [0.4, 0.5) is 4.79 Å². The zero-order valence-corrected chi connectivity index (χ0v) is 44.2. The molecule has 0 saturated carbocycles. The average Bonchev–Trinajstić information content (AvgIpc) is 3.82. The molecule has 1 aromatic carbocycles. The van der Waals surface area contributed by atoms with Crippen LogP contribution in [0.25, 0.3) is 0 Å². The number of carboxylic acid groups (broad SMARTS) is 1. The number of piperidine rings is 1. The van der Waals surface area contributed by atoms with Crippen LogP contribution in [0.3, 0.4) is 0 Å². The smallest absolute Gasteiger partial charge is 0.426 e. The van der Waals surface area contributed by atoms with E-state index in [9.17, 15) is 53.7 Å². The number of nitrogens with zero attached hydrogens (tertiary/aromatic N) is 3. The third kappa shape index (κ3) is 20.8. The molecular weight excluding hydrogens is 981 g/mol. The summed E-state index contributed by atoms with van der Waals surface area (Å²) in [6, 6.07) is 2.57. The van der Waals surface area contributed by atoms with Gasteiger partial charge in [0.1, 0.15) is 41.2 Å². The zero-order chi connectivity index (χ0) is 52.8. The second kappa shape index (κ2) is 30.7. The Morgan fingerprint density at radius 3 is 2.25 bits per heavy atom. The van der Waals surface area contributed by atoms with Gasteiger partial charge in [-0.1, -0.05) is 81.7 Å². The van der Waals surface area contributed by atoms with Crippen molar-refractivity contribution < 1.29 is 63.1 Å². The van der Waals surface area contributed by atoms with Gasteiger partial charge in [0.2, 0.25) is 23.6 Å². The van der Waals surface area contributed by atoms with Gasteiger partial charge in [-0.05, 0) is 75.2 Å². The number of hydrogen-bond acceptors (Lipinski definition) is 17. The van der Waals surface area contributed by atoms with Crippen molar-refractivity contribution in [3.8, 4) is 5.75 Å². The molecule has 0 radical (unpaired) electrons.